The van der Waals surface area contributed by atoms with Crippen molar-refractivity contribution in [1.82, 2.24) is 10.2 Å². The molecule has 0 aromatic heterocycles. The van der Waals surface area contributed by atoms with E-state index >= 15 is 0 Å². The zero-order valence-corrected chi connectivity index (χ0v) is 17.8. The van der Waals surface area contributed by atoms with Crippen molar-refractivity contribution in [3.63, 3.8) is 0 Å². The second kappa shape index (κ2) is 7.86. The molecular weight excluding hydrogens is 453 g/mol. The Hall–Kier alpha value is -3.89. The van der Waals surface area contributed by atoms with Crippen molar-refractivity contribution < 1.29 is 32.3 Å². The van der Waals surface area contributed by atoms with Gasteiger partial charge in [0.2, 0.25) is 11.8 Å². The van der Waals surface area contributed by atoms with Crippen molar-refractivity contribution in [1.29, 1.82) is 0 Å². The quantitative estimate of drug-likeness (QED) is 0.696. The van der Waals surface area contributed by atoms with Crippen LogP contribution < -0.4 is 15.1 Å². The first-order valence-electron chi connectivity index (χ1n) is 10.7. The minimum absolute atomic E-state index is 0.148. The number of fused-ring (bicyclic) bond motifs is 1. The van der Waals surface area contributed by atoms with E-state index in [9.17, 15) is 32.3 Å². The lowest BCUT2D eigenvalue weighted by molar-refractivity contribution is -0.138. The van der Waals surface area contributed by atoms with Crippen LogP contribution in [0.2, 0.25) is 0 Å². The Morgan fingerprint density at radius 3 is 2.29 bits per heavy atom. The van der Waals surface area contributed by atoms with Crippen LogP contribution in [0.5, 0.6) is 0 Å². The van der Waals surface area contributed by atoms with Gasteiger partial charge in [-0.25, -0.2) is 4.79 Å². The number of urea groups is 1. The summed E-state index contributed by atoms with van der Waals surface area (Å²) in [4.78, 5) is 53.6. The number of benzene rings is 2. The van der Waals surface area contributed by atoms with Gasteiger partial charge in [0, 0.05) is 43.0 Å². The molecule has 2 saturated heterocycles. The van der Waals surface area contributed by atoms with Crippen LogP contribution in [0.3, 0.4) is 0 Å². The molecule has 8 nitrogen and oxygen atoms in total. The normalized spacial score (nSPS) is 20.8. The largest absolute Gasteiger partial charge is 0.416 e. The summed E-state index contributed by atoms with van der Waals surface area (Å²) < 4.78 is 39.2. The third-order valence-electron chi connectivity index (χ3n) is 6.31. The van der Waals surface area contributed by atoms with E-state index in [0.29, 0.717) is 16.8 Å². The van der Waals surface area contributed by atoms with Gasteiger partial charge in [-0.2, -0.15) is 13.2 Å². The summed E-state index contributed by atoms with van der Waals surface area (Å²) in [7, 11) is 0. The number of piperidine rings is 1. The smallest absolute Gasteiger partial charge is 0.322 e. The highest BCUT2D eigenvalue weighted by atomic mass is 19.4. The minimum atomic E-state index is -4.51. The van der Waals surface area contributed by atoms with Crippen molar-refractivity contribution in [3.8, 4) is 0 Å². The van der Waals surface area contributed by atoms with Crippen molar-refractivity contribution in [3.05, 3.63) is 59.2 Å². The van der Waals surface area contributed by atoms with Crippen molar-refractivity contribution in [2.45, 2.75) is 31.6 Å². The maximum atomic E-state index is 13.1. The Morgan fingerprint density at radius 1 is 0.912 bits per heavy atom. The number of imide groups is 1. The molecule has 176 valence electrons. The molecule has 2 fully saturated rings. The number of nitrogens with one attached hydrogen (secondary N) is 1. The summed E-state index contributed by atoms with van der Waals surface area (Å²) in [5.74, 6) is -1.20. The fourth-order valence-electron chi connectivity index (χ4n) is 4.59. The lowest BCUT2D eigenvalue weighted by Crippen LogP contribution is -2.52. The molecule has 0 spiro atoms. The lowest BCUT2D eigenvalue weighted by atomic mass is 10.0. The number of anilines is 2. The molecule has 11 heteroatoms. The lowest BCUT2D eigenvalue weighted by Gasteiger charge is -2.29. The van der Waals surface area contributed by atoms with E-state index < -0.39 is 29.7 Å². The van der Waals surface area contributed by atoms with Crippen LogP contribution in [0.25, 0.3) is 0 Å². The van der Waals surface area contributed by atoms with Crippen molar-refractivity contribution >= 4 is 35.1 Å². The van der Waals surface area contributed by atoms with Gasteiger partial charge in [-0.15, -0.1) is 0 Å². The molecular formula is C23H19F3N4O4. The van der Waals surface area contributed by atoms with E-state index in [4.69, 9.17) is 0 Å². The van der Waals surface area contributed by atoms with E-state index in [1.807, 2.05) is 0 Å². The first-order chi connectivity index (χ1) is 16.1. The topological polar surface area (TPSA) is 90.0 Å². The number of rotatable bonds is 3. The van der Waals surface area contributed by atoms with E-state index in [1.54, 1.807) is 18.2 Å². The highest BCUT2D eigenvalue weighted by molar-refractivity contribution is 6.08. The number of carbonyl (C=O) groups excluding carboxylic acids is 4. The van der Waals surface area contributed by atoms with Crippen LogP contribution in [-0.2, 0) is 22.3 Å². The fourth-order valence-corrected chi connectivity index (χ4v) is 4.59. The Balaban J connectivity index is 1.35. The number of nitrogens with zero attached hydrogens (tertiary/aromatic N) is 3. The van der Waals surface area contributed by atoms with Gasteiger partial charge in [0.05, 0.1) is 5.56 Å². The number of carbonyl (C=O) groups is 4. The van der Waals surface area contributed by atoms with E-state index in [0.717, 1.165) is 12.1 Å². The van der Waals surface area contributed by atoms with Gasteiger partial charge in [0.1, 0.15) is 6.04 Å². The maximum Gasteiger partial charge on any atom is 0.416 e. The number of amides is 5. The predicted molar refractivity (Wildman–Crippen MR) is 114 cm³/mol. The van der Waals surface area contributed by atoms with E-state index in [-0.39, 0.29) is 50.0 Å². The summed E-state index contributed by atoms with van der Waals surface area (Å²) in [6, 6.07) is 8.28. The van der Waals surface area contributed by atoms with Gasteiger partial charge in [0.15, 0.2) is 0 Å². The third-order valence-corrected chi connectivity index (χ3v) is 6.31. The van der Waals surface area contributed by atoms with Gasteiger partial charge in [-0.05, 0) is 48.4 Å². The summed E-state index contributed by atoms with van der Waals surface area (Å²) in [6.07, 6.45) is -4.12. The summed E-state index contributed by atoms with van der Waals surface area (Å²) in [6.45, 7) is 0.630. The number of halogens is 3. The van der Waals surface area contributed by atoms with Gasteiger partial charge >= 0.3 is 12.2 Å². The molecule has 3 heterocycles. The van der Waals surface area contributed by atoms with Gasteiger partial charge in [-0.3, -0.25) is 29.5 Å². The number of hydrogen-bond donors (Lipinski definition) is 1. The van der Waals surface area contributed by atoms with Gasteiger partial charge in [0.25, 0.3) is 5.91 Å². The van der Waals surface area contributed by atoms with E-state index in [1.165, 1.54) is 26.8 Å². The average Bonchev–Trinajstić information content (AvgIpc) is 3.33. The fraction of sp³-hybridized carbons (Fsp3) is 0.304. The summed E-state index contributed by atoms with van der Waals surface area (Å²) in [5, 5.41) is 2.25. The van der Waals surface area contributed by atoms with E-state index in [2.05, 4.69) is 5.32 Å². The Morgan fingerprint density at radius 2 is 1.62 bits per heavy atom. The molecule has 0 radical (unpaired) electrons. The van der Waals surface area contributed by atoms with Crippen LogP contribution in [0, 0.1) is 0 Å². The van der Waals surface area contributed by atoms with Crippen molar-refractivity contribution in [2.75, 3.05) is 22.9 Å². The zero-order chi connectivity index (χ0) is 24.2. The molecule has 2 aromatic carbocycles. The second-order valence-corrected chi connectivity index (χ2v) is 8.38. The SMILES string of the molecule is O=C1CCC(N2Cc3cc(N4CCN(c5cccc(C(F)(F)F)c5)C4=O)ccc3C2=O)C(=O)N1. The van der Waals surface area contributed by atoms with Gasteiger partial charge in [-0.1, -0.05) is 6.07 Å². The van der Waals surface area contributed by atoms with Gasteiger partial charge < -0.3 is 4.90 Å². The molecule has 2 aromatic rings. The highest BCUT2D eigenvalue weighted by Gasteiger charge is 2.40. The number of alkyl halides is 3. The van der Waals surface area contributed by atoms with Crippen LogP contribution in [0.1, 0.15) is 34.3 Å². The molecule has 1 unspecified atom stereocenters. The molecule has 0 aliphatic carbocycles. The molecule has 5 amide bonds. The first-order valence-corrected chi connectivity index (χ1v) is 10.7. The average molecular weight is 472 g/mol. The van der Waals surface area contributed by atoms with Crippen LogP contribution in [-0.4, -0.2) is 47.8 Å². The van der Waals surface area contributed by atoms with Crippen LogP contribution >= 0.6 is 0 Å². The molecule has 0 bridgehead atoms. The zero-order valence-electron chi connectivity index (χ0n) is 17.8. The Labute approximate surface area is 191 Å². The first kappa shape index (κ1) is 21.9. The predicted octanol–water partition coefficient (Wildman–Crippen LogP) is 2.91. The van der Waals surface area contributed by atoms with Crippen LogP contribution in [0.15, 0.2) is 42.5 Å². The molecule has 1 N–H and O–H groups in total. The highest BCUT2D eigenvalue weighted by Crippen LogP contribution is 2.35. The minimum Gasteiger partial charge on any atom is -0.322 e. The van der Waals surface area contributed by atoms with Crippen LogP contribution in [0.4, 0.5) is 29.3 Å². The molecule has 3 aliphatic heterocycles. The van der Waals surface area contributed by atoms with Crippen molar-refractivity contribution in [2.24, 2.45) is 0 Å². The maximum absolute atomic E-state index is 13.1. The Bertz CT molecular complexity index is 1230. The number of hydrogen-bond acceptors (Lipinski definition) is 4. The monoisotopic (exact) mass is 472 g/mol. The molecule has 0 saturated carbocycles. The Kier molecular flexibility index (Phi) is 5.07. The summed E-state index contributed by atoms with van der Waals surface area (Å²) >= 11 is 0. The molecule has 3 aliphatic rings. The summed E-state index contributed by atoms with van der Waals surface area (Å²) in [5.41, 5.74) is 0.882. The second-order valence-electron chi connectivity index (χ2n) is 8.38. The molecule has 34 heavy (non-hydrogen) atoms. The molecule has 1 atom stereocenters. The molecule has 5 rings (SSSR count). The standard InChI is InChI=1S/C23H19F3N4O4/c24-23(25,26)14-2-1-3-15(11-14)28-8-9-29(22(28)34)16-4-5-17-13(10-16)12-30(21(17)33)18-6-7-19(31)27-20(18)32/h1-5,10-11,18H,6-9,12H2,(H,27,31,32). The third kappa shape index (κ3) is 3.66.